The first kappa shape index (κ1) is 12.9. The molecule has 88 valence electrons. The smallest absolute Gasteiger partial charge is 0.311 e. The Morgan fingerprint density at radius 3 is 2.75 bits per heavy atom. The molecule has 1 aromatic carbocycles. The third-order valence-corrected chi connectivity index (χ3v) is 2.64. The van der Waals surface area contributed by atoms with Crippen molar-refractivity contribution in [3.05, 3.63) is 34.6 Å². The first-order chi connectivity index (χ1) is 7.49. The zero-order valence-corrected chi connectivity index (χ0v) is 9.66. The highest BCUT2D eigenvalue weighted by Gasteiger charge is 2.26. The van der Waals surface area contributed by atoms with Crippen LogP contribution in [-0.4, -0.2) is 18.2 Å². The van der Waals surface area contributed by atoms with Gasteiger partial charge in [-0.15, -0.1) is 0 Å². The van der Waals surface area contributed by atoms with E-state index in [1.54, 1.807) is 0 Å². The first-order valence-corrected chi connectivity index (χ1v) is 5.06. The lowest BCUT2D eigenvalue weighted by Gasteiger charge is -2.17. The van der Waals surface area contributed by atoms with E-state index in [4.69, 9.17) is 11.6 Å². The molecule has 0 amide bonds. The molecule has 2 atom stereocenters. The lowest BCUT2D eigenvalue weighted by molar-refractivity contribution is -0.148. The maximum atomic E-state index is 13.5. The standard InChI is InChI=1S/C11H12ClFO3/c1-6(11(15)16-2)10(14)7-4-3-5-8(12)9(7)13/h3-6,10,14H,1-2H3. The van der Waals surface area contributed by atoms with E-state index in [2.05, 4.69) is 4.74 Å². The van der Waals surface area contributed by atoms with Crippen LogP contribution in [0.15, 0.2) is 18.2 Å². The highest BCUT2D eigenvalue weighted by Crippen LogP contribution is 2.28. The van der Waals surface area contributed by atoms with Gasteiger partial charge in [-0.3, -0.25) is 4.79 Å². The van der Waals surface area contributed by atoms with Gasteiger partial charge in [-0.1, -0.05) is 23.7 Å². The summed E-state index contributed by atoms with van der Waals surface area (Å²) >= 11 is 5.57. The summed E-state index contributed by atoms with van der Waals surface area (Å²) in [6, 6.07) is 4.26. The van der Waals surface area contributed by atoms with Crippen LogP contribution in [0.2, 0.25) is 5.02 Å². The third-order valence-electron chi connectivity index (χ3n) is 2.35. The Balaban J connectivity index is 3.00. The van der Waals surface area contributed by atoms with Crippen LogP contribution in [0.1, 0.15) is 18.6 Å². The lowest BCUT2D eigenvalue weighted by atomic mass is 9.97. The van der Waals surface area contributed by atoms with Gasteiger partial charge in [0.1, 0.15) is 5.82 Å². The summed E-state index contributed by atoms with van der Waals surface area (Å²) in [6.07, 6.45) is -1.27. The maximum absolute atomic E-state index is 13.5. The Bertz CT molecular complexity index is 395. The van der Waals surface area contributed by atoms with E-state index in [1.807, 2.05) is 0 Å². The second-order valence-corrected chi connectivity index (χ2v) is 3.81. The Morgan fingerprint density at radius 2 is 2.19 bits per heavy atom. The van der Waals surface area contributed by atoms with Gasteiger partial charge in [-0.25, -0.2) is 4.39 Å². The molecule has 2 unspecified atom stereocenters. The zero-order valence-electron chi connectivity index (χ0n) is 8.91. The number of aliphatic hydroxyl groups excluding tert-OH is 1. The molecular weight excluding hydrogens is 235 g/mol. The topological polar surface area (TPSA) is 46.5 Å². The van der Waals surface area contributed by atoms with Gasteiger partial charge in [0.25, 0.3) is 0 Å². The summed E-state index contributed by atoms with van der Waals surface area (Å²) in [4.78, 5) is 11.2. The van der Waals surface area contributed by atoms with Crippen molar-refractivity contribution in [2.45, 2.75) is 13.0 Å². The second-order valence-electron chi connectivity index (χ2n) is 3.40. The van der Waals surface area contributed by atoms with Gasteiger partial charge in [0.2, 0.25) is 0 Å². The van der Waals surface area contributed by atoms with Crippen LogP contribution < -0.4 is 0 Å². The molecule has 1 aromatic rings. The first-order valence-electron chi connectivity index (χ1n) is 4.68. The van der Waals surface area contributed by atoms with Crippen LogP contribution in [-0.2, 0) is 9.53 Å². The number of aliphatic hydroxyl groups is 1. The monoisotopic (exact) mass is 246 g/mol. The summed E-state index contributed by atoms with van der Waals surface area (Å²) in [5.41, 5.74) is -0.00889. The predicted octanol–water partition coefficient (Wildman–Crippen LogP) is 2.32. The van der Waals surface area contributed by atoms with Gasteiger partial charge in [0, 0.05) is 5.56 Å². The number of methoxy groups -OCH3 is 1. The molecule has 0 aliphatic carbocycles. The van der Waals surface area contributed by atoms with E-state index >= 15 is 0 Å². The van der Waals surface area contributed by atoms with Gasteiger partial charge in [0.15, 0.2) is 0 Å². The molecular formula is C11H12ClFO3. The summed E-state index contributed by atoms with van der Waals surface area (Å²) in [5.74, 6) is -2.17. The van der Waals surface area contributed by atoms with Gasteiger partial charge >= 0.3 is 5.97 Å². The van der Waals surface area contributed by atoms with Crippen molar-refractivity contribution in [1.29, 1.82) is 0 Å². The minimum absolute atomic E-state index is 0.00889. The average Bonchev–Trinajstić information content (AvgIpc) is 2.29. The molecule has 0 aromatic heterocycles. The molecule has 0 aliphatic rings. The SMILES string of the molecule is COC(=O)C(C)C(O)c1cccc(Cl)c1F. The number of rotatable bonds is 3. The number of hydrogen-bond acceptors (Lipinski definition) is 3. The molecule has 0 aliphatic heterocycles. The zero-order chi connectivity index (χ0) is 12.3. The van der Waals surface area contributed by atoms with Gasteiger partial charge in [-0.2, -0.15) is 0 Å². The third kappa shape index (κ3) is 2.51. The van der Waals surface area contributed by atoms with E-state index in [-0.39, 0.29) is 10.6 Å². The van der Waals surface area contributed by atoms with Crippen molar-refractivity contribution in [2.24, 2.45) is 5.92 Å². The minimum atomic E-state index is -1.27. The summed E-state index contributed by atoms with van der Waals surface area (Å²) in [6.45, 7) is 1.46. The molecule has 16 heavy (non-hydrogen) atoms. The summed E-state index contributed by atoms with van der Waals surface area (Å²) in [7, 11) is 1.21. The van der Waals surface area contributed by atoms with Crippen LogP contribution in [0.5, 0.6) is 0 Å². The number of ether oxygens (including phenoxy) is 1. The van der Waals surface area contributed by atoms with Gasteiger partial charge < -0.3 is 9.84 Å². The number of carbonyl (C=O) groups is 1. The molecule has 3 nitrogen and oxygen atoms in total. The molecule has 5 heteroatoms. The van der Waals surface area contributed by atoms with Crippen LogP contribution in [0.4, 0.5) is 4.39 Å². The van der Waals surface area contributed by atoms with Crippen molar-refractivity contribution in [3.63, 3.8) is 0 Å². The van der Waals surface area contributed by atoms with Crippen LogP contribution >= 0.6 is 11.6 Å². The Morgan fingerprint density at radius 1 is 1.56 bits per heavy atom. The molecule has 1 rings (SSSR count). The van der Waals surface area contributed by atoms with Crippen molar-refractivity contribution in [2.75, 3.05) is 7.11 Å². The maximum Gasteiger partial charge on any atom is 0.311 e. The lowest BCUT2D eigenvalue weighted by Crippen LogP contribution is -2.21. The van der Waals surface area contributed by atoms with E-state index in [0.29, 0.717) is 0 Å². The largest absolute Gasteiger partial charge is 0.469 e. The van der Waals surface area contributed by atoms with E-state index in [1.165, 1.54) is 32.2 Å². The van der Waals surface area contributed by atoms with E-state index in [9.17, 15) is 14.3 Å². The fourth-order valence-electron chi connectivity index (χ4n) is 1.33. The summed E-state index contributed by atoms with van der Waals surface area (Å²) < 4.78 is 18.0. The van der Waals surface area contributed by atoms with Crippen molar-refractivity contribution < 1.29 is 19.0 Å². The Labute approximate surface area is 97.8 Å². The van der Waals surface area contributed by atoms with Crippen LogP contribution in [0.25, 0.3) is 0 Å². The Hall–Kier alpha value is -1.13. The quantitative estimate of drug-likeness (QED) is 0.833. The van der Waals surface area contributed by atoms with E-state index in [0.717, 1.165) is 0 Å². The minimum Gasteiger partial charge on any atom is -0.469 e. The fourth-order valence-corrected chi connectivity index (χ4v) is 1.51. The van der Waals surface area contributed by atoms with Crippen molar-refractivity contribution in [3.8, 4) is 0 Å². The van der Waals surface area contributed by atoms with Crippen LogP contribution in [0, 0.1) is 11.7 Å². The van der Waals surface area contributed by atoms with Gasteiger partial charge in [0.05, 0.1) is 24.2 Å². The van der Waals surface area contributed by atoms with E-state index < -0.39 is 23.8 Å². The number of hydrogen-bond donors (Lipinski definition) is 1. The fraction of sp³-hybridized carbons (Fsp3) is 0.364. The van der Waals surface area contributed by atoms with Gasteiger partial charge in [-0.05, 0) is 13.0 Å². The normalized spacial score (nSPS) is 14.3. The molecule has 0 saturated heterocycles. The molecule has 0 bridgehead atoms. The molecule has 0 heterocycles. The molecule has 0 saturated carbocycles. The number of halogens is 2. The second kappa shape index (κ2) is 5.27. The number of carbonyl (C=O) groups excluding carboxylic acids is 1. The van der Waals surface area contributed by atoms with Crippen molar-refractivity contribution in [1.82, 2.24) is 0 Å². The highest BCUT2D eigenvalue weighted by atomic mass is 35.5. The molecule has 1 N–H and O–H groups in total. The number of benzene rings is 1. The number of esters is 1. The Kier molecular flexibility index (Phi) is 4.26. The highest BCUT2D eigenvalue weighted by molar-refractivity contribution is 6.30. The van der Waals surface area contributed by atoms with Crippen molar-refractivity contribution >= 4 is 17.6 Å². The molecule has 0 spiro atoms. The molecule has 0 fully saturated rings. The predicted molar refractivity (Wildman–Crippen MR) is 57.5 cm³/mol. The average molecular weight is 247 g/mol. The van der Waals surface area contributed by atoms with Crippen LogP contribution in [0.3, 0.4) is 0 Å². The summed E-state index contributed by atoms with van der Waals surface area (Å²) in [5, 5.41) is 9.71. The molecule has 0 radical (unpaired) electrons.